The number of hydrogen-bond acceptors (Lipinski definition) is 4. The Morgan fingerprint density at radius 2 is 1.89 bits per heavy atom. The van der Waals surface area contributed by atoms with Crippen molar-refractivity contribution < 1.29 is 14.3 Å². The van der Waals surface area contributed by atoms with E-state index in [0.29, 0.717) is 29.6 Å². The summed E-state index contributed by atoms with van der Waals surface area (Å²) in [4.78, 5) is 31.6. The molecule has 0 fully saturated rings. The predicted molar refractivity (Wildman–Crippen MR) is 146 cm³/mol. The Labute approximate surface area is 221 Å². The molecule has 8 heteroatoms. The van der Waals surface area contributed by atoms with Crippen molar-refractivity contribution in [3.63, 3.8) is 0 Å². The first-order valence-corrected chi connectivity index (χ1v) is 13.5. The average molecular weight is 526 g/mol. The van der Waals surface area contributed by atoms with Crippen LogP contribution in [-0.4, -0.2) is 47.5 Å². The zero-order valence-electron chi connectivity index (χ0n) is 20.9. The first kappa shape index (κ1) is 26.0. The summed E-state index contributed by atoms with van der Waals surface area (Å²) in [6.45, 7) is 6.91. The van der Waals surface area contributed by atoms with Gasteiger partial charge in [0.2, 0.25) is 5.91 Å². The molecule has 190 valence electrons. The van der Waals surface area contributed by atoms with E-state index in [0.717, 1.165) is 24.0 Å². The van der Waals surface area contributed by atoms with E-state index in [1.807, 2.05) is 62.1 Å². The van der Waals surface area contributed by atoms with Crippen molar-refractivity contribution in [1.82, 2.24) is 9.80 Å². The molecule has 0 saturated heterocycles. The second-order valence-corrected chi connectivity index (χ2v) is 10.5. The molecule has 1 N–H and O–H groups in total. The van der Waals surface area contributed by atoms with E-state index >= 15 is 0 Å². The predicted octanol–water partition coefficient (Wildman–Crippen LogP) is 6.55. The zero-order chi connectivity index (χ0) is 25.7. The first-order valence-electron chi connectivity index (χ1n) is 12.2. The summed E-state index contributed by atoms with van der Waals surface area (Å²) in [7, 11) is 0. The van der Waals surface area contributed by atoms with Crippen LogP contribution in [0.3, 0.4) is 0 Å². The molecule has 0 bridgehead atoms. The minimum absolute atomic E-state index is 0.00359. The van der Waals surface area contributed by atoms with Crippen molar-refractivity contribution in [3.8, 4) is 5.75 Å². The lowest BCUT2D eigenvalue weighted by atomic mass is 10.00. The summed E-state index contributed by atoms with van der Waals surface area (Å²) < 4.78 is 6.08. The van der Waals surface area contributed by atoms with E-state index in [4.69, 9.17) is 16.3 Å². The van der Waals surface area contributed by atoms with Crippen molar-refractivity contribution in [3.05, 3.63) is 81.0 Å². The topological polar surface area (TPSA) is 61.9 Å². The van der Waals surface area contributed by atoms with Crippen LogP contribution >= 0.6 is 22.9 Å². The highest BCUT2D eigenvalue weighted by Crippen LogP contribution is 2.34. The summed E-state index contributed by atoms with van der Waals surface area (Å²) in [6.07, 6.45) is 1.54. The molecule has 6 nitrogen and oxygen atoms in total. The van der Waals surface area contributed by atoms with Gasteiger partial charge in [-0.15, -0.1) is 11.3 Å². The Hall–Kier alpha value is -3.03. The number of urea groups is 1. The summed E-state index contributed by atoms with van der Waals surface area (Å²) in [5.74, 6) is 0.615. The van der Waals surface area contributed by atoms with Crippen LogP contribution in [-0.2, 0) is 11.2 Å². The molecule has 2 unspecified atom stereocenters. The quantitative estimate of drug-likeness (QED) is 0.363. The van der Waals surface area contributed by atoms with Gasteiger partial charge in [0.25, 0.3) is 0 Å². The highest BCUT2D eigenvalue weighted by molar-refractivity contribution is 7.10. The molecular weight excluding hydrogens is 494 g/mol. The van der Waals surface area contributed by atoms with Gasteiger partial charge in [-0.05, 0) is 80.1 Å². The minimum atomic E-state index is -0.274. The molecule has 1 aromatic heterocycles. The Kier molecular flexibility index (Phi) is 8.54. The van der Waals surface area contributed by atoms with E-state index in [1.54, 1.807) is 28.4 Å². The van der Waals surface area contributed by atoms with Crippen LogP contribution in [0.4, 0.5) is 10.5 Å². The normalized spacial score (nSPS) is 15.7. The van der Waals surface area contributed by atoms with Gasteiger partial charge in [-0.25, -0.2) is 4.79 Å². The van der Waals surface area contributed by atoms with E-state index in [1.165, 1.54) is 4.88 Å². The SMILES string of the molecule is CCC(C)N(CC(=O)N1CCc2sccc2C1COc1ccc(Cl)cc1)C(=O)Nc1ccc(C)cc1. The molecule has 2 atom stereocenters. The Morgan fingerprint density at radius 1 is 1.17 bits per heavy atom. The molecule has 4 rings (SSSR count). The highest BCUT2D eigenvalue weighted by atomic mass is 35.5. The van der Waals surface area contributed by atoms with E-state index < -0.39 is 0 Å². The molecule has 0 aliphatic carbocycles. The van der Waals surface area contributed by atoms with Crippen molar-refractivity contribution >= 4 is 40.6 Å². The van der Waals surface area contributed by atoms with Gasteiger partial charge in [-0.3, -0.25) is 4.79 Å². The molecule has 1 aliphatic heterocycles. The highest BCUT2D eigenvalue weighted by Gasteiger charge is 2.34. The number of amides is 3. The number of benzene rings is 2. The second kappa shape index (κ2) is 11.8. The van der Waals surface area contributed by atoms with Crippen molar-refractivity contribution in [2.75, 3.05) is 25.0 Å². The van der Waals surface area contributed by atoms with Crippen LogP contribution in [0.15, 0.2) is 60.0 Å². The fourth-order valence-corrected chi connectivity index (χ4v) is 5.35. The van der Waals surface area contributed by atoms with Crippen LogP contribution in [0.5, 0.6) is 5.75 Å². The third-order valence-corrected chi connectivity index (χ3v) is 7.88. The number of aryl methyl sites for hydroxylation is 1. The molecule has 1 aliphatic rings. The van der Waals surface area contributed by atoms with Crippen LogP contribution < -0.4 is 10.1 Å². The van der Waals surface area contributed by atoms with E-state index in [2.05, 4.69) is 16.8 Å². The van der Waals surface area contributed by atoms with Gasteiger partial charge < -0.3 is 19.9 Å². The fourth-order valence-electron chi connectivity index (χ4n) is 4.30. The zero-order valence-corrected chi connectivity index (χ0v) is 22.4. The standard InChI is InChI=1S/C28H32ClN3O3S/c1-4-20(3)32(28(34)30-22-9-5-19(2)6-10-22)17-27(33)31-15-13-26-24(14-16-36-26)25(31)18-35-23-11-7-21(29)8-12-23/h5-12,14,16,20,25H,4,13,15,17-18H2,1-3H3,(H,30,34). The number of nitrogens with zero attached hydrogens (tertiary/aromatic N) is 2. The Morgan fingerprint density at radius 3 is 2.58 bits per heavy atom. The van der Waals surface area contributed by atoms with Gasteiger partial charge in [-0.2, -0.15) is 0 Å². The molecule has 2 aromatic carbocycles. The van der Waals surface area contributed by atoms with Gasteiger partial charge in [-0.1, -0.05) is 36.2 Å². The largest absolute Gasteiger partial charge is 0.491 e. The van der Waals surface area contributed by atoms with Crippen LogP contribution in [0.2, 0.25) is 5.02 Å². The van der Waals surface area contributed by atoms with E-state index in [9.17, 15) is 9.59 Å². The lowest BCUT2D eigenvalue weighted by Gasteiger charge is -2.38. The average Bonchev–Trinajstić information content (AvgIpc) is 3.36. The van der Waals surface area contributed by atoms with Gasteiger partial charge in [0.05, 0.1) is 6.04 Å². The lowest BCUT2D eigenvalue weighted by molar-refractivity contribution is -0.135. The number of anilines is 1. The molecule has 3 aromatic rings. The molecular formula is C28H32ClN3O3S. The monoisotopic (exact) mass is 525 g/mol. The summed E-state index contributed by atoms with van der Waals surface area (Å²) in [6, 6.07) is 16.4. The number of rotatable bonds is 8. The maximum Gasteiger partial charge on any atom is 0.322 e. The van der Waals surface area contributed by atoms with Gasteiger partial charge in [0.1, 0.15) is 18.9 Å². The van der Waals surface area contributed by atoms with Crippen molar-refractivity contribution in [2.45, 2.75) is 45.7 Å². The number of ether oxygens (including phenoxy) is 1. The molecule has 0 saturated carbocycles. The van der Waals surface area contributed by atoms with Gasteiger partial charge in [0, 0.05) is 28.2 Å². The number of thiophene rings is 1. The summed E-state index contributed by atoms with van der Waals surface area (Å²) >= 11 is 7.71. The first-order chi connectivity index (χ1) is 17.4. The maximum atomic E-state index is 13.7. The number of fused-ring (bicyclic) bond motifs is 1. The van der Waals surface area contributed by atoms with Crippen LogP contribution in [0.1, 0.15) is 42.3 Å². The van der Waals surface area contributed by atoms with Gasteiger partial charge >= 0.3 is 6.03 Å². The third-order valence-electron chi connectivity index (χ3n) is 6.63. The number of carbonyl (C=O) groups excluding carboxylic acids is 2. The fraction of sp³-hybridized carbons (Fsp3) is 0.357. The van der Waals surface area contributed by atoms with E-state index in [-0.39, 0.29) is 30.6 Å². The number of hydrogen-bond donors (Lipinski definition) is 1. The van der Waals surface area contributed by atoms with Crippen LogP contribution in [0, 0.1) is 6.92 Å². The maximum absolute atomic E-state index is 13.7. The number of carbonyl (C=O) groups is 2. The molecule has 2 heterocycles. The summed E-state index contributed by atoms with van der Waals surface area (Å²) in [5.41, 5.74) is 2.95. The van der Waals surface area contributed by atoms with Crippen molar-refractivity contribution in [2.24, 2.45) is 0 Å². The van der Waals surface area contributed by atoms with Gasteiger partial charge in [0.15, 0.2) is 0 Å². The second-order valence-electron chi connectivity index (χ2n) is 9.10. The molecule has 3 amide bonds. The number of halogens is 1. The molecule has 0 spiro atoms. The molecule has 0 radical (unpaired) electrons. The Balaban J connectivity index is 1.50. The van der Waals surface area contributed by atoms with Crippen LogP contribution in [0.25, 0.3) is 0 Å². The van der Waals surface area contributed by atoms with Crippen molar-refractivity contribution in [1.29, 1.82) is 0 Å². The Bertz CT molecular complexity index is 1180. The lowest BCUT2D eigenvalue weighted by Crippen LogP contribution is -2.50. The molecule has 36 heavy (non-hydrogen) atoms. The summed E-state index contributed by atoms with van der Waals surface area (Å²) in [5, 5.41) is 5.66. The smallest absolute Gasteiger partial charge is 0.322 e. The minimum Gasteiger partial charge on any atom is -0.491 e. The number of nitrogens with one attached hydrogen (secondary N) is 1. The third kappa shape index (κ3) is 6.20.